The van der Waals surface area contributed by atoms with Gasteiger partial charge in [-0.3, -0.25) is 9.59 Å². The fraction of sp³-hybridized carbons (Fsp3) is 0.556. The third-order valence-corrected chi connectivity index (χ3v) is 4.79. The second kappa shape index (κ2) is 8.92. The average molecular weight is 354 g/mol. The Morgan fingerprint density at radius 1 is 1.33 bits per heavy atom. The second-order valence-electron chi connectivity index (χ2n) is 6.29. The zero-order chi connectivity index (χ0) is 17.5. The molecular weight excluding hydrogens is 330 g/mol. The lowest BCUT2D eigenvalue weighted by atomic mass is 9.93. The summed E-state index contributed by atoms with van der Waals surface area (Å²) in [5, 5.41) is 9.52. The Labute approximate surface area is 147 Å². The molecule has 1 heterocycles. The number of carbonyl (C=O) groups excluding carboxylic acids is 1. The molecule has 24 heavy (non-hydrogen) atoms. The number of rotatable bonds is 7. The van der Waals surface area contributed by atoms with Crippen molar-refractivity contribution in [3.8, 4) is 5.75 Å². The van der Waals surface area contributed by atoms with Crippen LogP contribution in [0, 0.1) is 12.8 Å². The molecule has 6 heteroatoms. The van der Waals surface area contributed by atoms with E-state index in [1.165, 1.54) is 0 Å². The number of aryl methyl sites for hydroxylation is 1. The molecule has 0 unspecified atom stereocenters. The van der Waals surface area contributed by atoms with Gasteiger partial charge in [0.15, 0.2) is 0 Å². The highest BCUT2D eigenvalue weighted by molar-refractivity contribution is 6.31. The van der Waals surface area contributed by atoms with Gasteiger partial charge in [-0.25, -0.2) is 0 Å². The van der Waals surface area contributed by atoms with Gasteiger partial charge in [0.05, 0.1) is 6.61 Å². The average Bonchev–Trinajstić information content (AvgIpc) is 2.54. The van der Waals surface area contributed by atoms with Crippen molar-refractivity contribution in [2.75, 3.05) is 19.7 Å². The molecule has 0 saturated carbocycles. The molecule has 1 saturated heterocycles. The van der Waals surface area contributed by atoms with Gasteiger partial charge in [0.2, 0.25) is 5.91 Å². The van der Waals surface area contributed by atoms with Crippen LogP contribution in [-0.2, 0) is 9.59 Å². The number of benzene rings is 1. The van der Waals surface area contributed by atoms with E-state index in [0.29, 0.717) is 37.6 Å². The number of aliphatic carboxylic acids is 1. The van der Waals surface area contributed by atoms with E-state index in [2.05, 4.69) is 0 Å². The molecule has 0 bridgehead atoms. The van der Waals surface area contributed by atoms with Gasteiger partial charge in [0.25, 0.3) is 0 Å². The minimum atomic E-state index is -0.755. The number of ether oxygens (including phenoxy) is 1. The monoisotopic (exact) mass is 353 g/mol. The Balaban J connectivity index is 1.65. The van der Waals surface area contributed by atoms with E-state index in [1.54, 1.807) is 6.07 Å². The van der Waals surface area contributed by atoms with Gasteiger partial charge in [-0.15, -0.1) is 0 Å². The fourth-order valence-electron chi connectivity index (χ4n) is 2.91. The number of hydrogen-bond acceptors (Lipinski definition) is 3. The number of amides is 1. The van der Waals surface area contributed by atoms with Crippen molar-refractivity contribution in [3.05, 3.63) is 28.8 Å². The molecule has 1 aliphatic rings. The van der Waals surface area contributed by atoms with Crippen LogP contribution in [0.4, 0.5) is 0 Å². The van der Waals surface area contributed by atoms with Gasteiger partial charge in [0, 0.05) is 31.0 Å². The molecule has 0 radical (unpaired) electrons. The lowest BCUT2D eigenvalue weighted by Gasteiger charge is -2.31. The summed E-state index contributed by atoms with van der Waals surface area (Å²) in [6.45, 7) is 3.73. The Kier molecular flexibility index (Phi) is 6.91. The number of halogens is 1. The first-order chi connectivity index (χ1) is 11.5. The van der Waals surface area contributed by atoms with Gasteiger partial charge in [-0.05, 0) is 55.9 Å². The number of piperidine rings is 1. The van der Waals surface area contributed by atoms with E-state index in [9.17, 15) is 9.59 Å². The van der Waals surface area contributed by atoms with Crippen LogP contribution in [0.15, 0.2) is 18.2 Å². The van der Waals surface area contributed by atoms with E-state index in [-0.39, 0.29) is 18.2 Å². The summed E-state index contributed by atoms with van der Waals surface area (Å²) in [4.78, 5) is 24.7. The van der Waals surface area contributed by atoms with E-state index in [1.807, 2.05) is 24.0 Å². The maximum Gasteiger partial charge on any atom is 0.303 e. The number of likely N-dealkylation sites (tertiary alicyclic amines) is 1. The second-order valence-corrected chi connectivity index (χ2v) is 6.69. The number of hydrogen-bond donors (Lipinski definition) is 1. The number of carboxylic acids is 1. The van der Waals surface area contributed by atoms with Crippen molar-refractivity contribution in [2.24, 2.45) is 5.92 Å². The summed E-state index contributed by atoms with van der Waals surface area (Å²) in [6, 6.07) is 5.51. The van der Waals surface area contributed by atoms with Crippen LogP contribution in [0.1, 0.15) is 37.7 Å². The molecule has 0 atom stereocenters. The molecule has 2 rings (SSSR count). The first-order valence-corrected chi connectivity index (χ1v) is 8.72. The molecule has 1 aromatic rings. The van der Waals surface area contributed by atoms with Gasteiger partial charge >= 0.3 is 5.97 Å². The summed E-state index contributed by atoms with van der Waals surface area (Å²) in [6.07, 6.45) is 2.87. The predicted molar refractivity (Wildman–Crippen MR) is 92.5 cm³/mol. The largest absolute Gasteiger partial charge is 0.494 e. The smallest absolute Gasteiger partial charge is 0.303 e. The SMILES string of the molecule is Cc1cc(OCCCC(=O)N2CCC(CC(=O)O)CC2)ccc1Cl. The summed E-state index contributed by atoms with van der Waals surface area (Å²) in [5.41, 5.74) is 0.967. The van der Waals surface area contributed by atoms with Crippen LogP contribution in [-0.4, -0.2) is 41.6 Å². The summed E-state index contributed by atoms with van der Waals surface area (Å²) >= 11 is 5.97. The van der Waals surface area contributed by atoms with Gasteiger partial charge < -0.3 is 14.7 Å². The molecule has 1 aromatic carbocycles. The molecule has 1 fully saturated rings. The highest BCUT2D eigenvalue weighted by atomic mass is 35.5. The van der Waals surface area contributed by atoms with E-state index in [4.69, 9.17) is 21.4 Å². The van der Waals surface area contributed by atoms with Crippen LogP contribution in [0.2, 0.25) is 5.02 Å². The first-order valence-electron chi connectivity index (χ1n) is 8.34. The third kappa shape index (κ3) is 5.71. The minimum absolute atomic E-state index is 0.125. The Hall–Kier alpha value is -1.75. The van der Waals surface area contributed by atoms with Crippen LogP contribution < -0.4 is 4.74 Å². The maximum absolute atomic E-state index is 12.2. The molecular formula is C18H24ClNO4. The zero-order valence-electron chi connectivity index (χ0n) is 14.0. The maximum atomic E-state index is 12.2. The highest BCUT2D eigenvalue weighted by Gasteiger charge is 2.23. The summed E-state index contributed by atoms with van der Waals surface area (Å²) in [7, 11) is 0. The summed E-state index contributed by atoms with van der Waals surface area (Å²) in [5.74, 6) is 0.330. The molecule has 0 spiro atoms. The first kappa shape index (κ1) is 18.6. The molecule has 5 nitrogen and oxygen atoms in total. The van der Waals surface area contributed by atoms with Crippen LogP contribution in [0.3, 0.4) is 0 Å². The molecule has 132 valence electrons. The zero-order valence-corrected chi connectivity index (χ0v) is 14.7. The minimum Gasteiger partial charge on any atom is -0.494 e. The Morgan fingerprint density at radius 2 is 2.04 bits per heavy atom. The van der Waals surface area contributed by atoms with Crippen LogP contribution >= 0.6 is 11.6 Å². The number of carbonyl (C=O) groups is 2. The lowest BCUT2D eigenvalue weighted by molar-refractivity contribution is -0.138. The van der Waals surface area contributed by atoms with Gasteiger partial charge in [-0.2, -0.15) is 0 Å². The number of carboxylic acid groups (broad SMARTS) is 1. The molecule has 0 aromatic heterocycles. The molecule has 0 aliphatic carbocycles. The highest BCUT2D eigenvalue weighted by Crippen LogP contribution is 2.22. The van der Waals surface area contributed by atoms with Crippen molar-refractivity contribution in [1.29, 1.82) is 0 Å². The van der Waals surface area contributed by atoms with Crippen molar-refractivity contribution in [2.45, 2.75) is 39.0 Å². The van der Waals surface area contributed by atoms with Crippen molar-refractivity contribution in [1.82, 2.24) is 4.90 Å². The van der Waals surface area contributed by atoms with Crippen LogP contribution in [0.5, 0.6) is 5.75 Å². The van der Waals surface area contributed by atoms with Gasteiger partial charge in [0.1, 0.15) is 5.75 Å². The predicted octanol–water partition coefficient (Wildman–Crippen LogP) is 3.52. The third-order valence-electron chi connectivity index (χ3n) is 4.36. The Bertz CT molecular complexity index is 582. The van der Waals surface area contributed by atoms with Crippen molar-refractivity contribution >= 4 is 23.5 Å². The fourth-order valence-corrected chi connectivity index (χ4v) is 3.03. The van der Waals surface area contributed by atoms with E-state index < -0.39 is 5.97 Å². The van der Waals surface area contributed by atoms with Crippen molar-refractivity contribution < 1.29 is 19.4 Å². The molecule has 1 N–H and O–H groups in total. The number of nitrogens with zero attached hydrogens (tertiary/aromatic N) is 1. The quantitative estimate of drug-likeness (QED) is 0.761. The summed E-state index contributed by atoms with van der Waals surface area (Å²) < 4.78 is 5.65. The topological polar surface area (TPSA) is 66.8 Å². The normalized spacial score (nSPS) is 15.3. The lowest BCUT2D eigenvalue weighted by Crippen LogP contribution is -2.38. The molecule has 1 amide bonds. The van der Waals surface area contributed by atoms with Crippen molar-refractivity contribution in [3.63, 3.8) is 0 Å². The molecule has 1 aliphatic heterocycles. The van der Waals surface area contributed by atoms with Crippen LogP contribution in [0.25, 0.3) is 0 Å². The van der Waals surface area contributed by atoms with E-state index in [0.717, 1.165) is 24.2 Å². The van der Waals surface area contributed by atoms with Gasteiger partial charge in [-0.1, -0.05) is 11.6 Å². The van der Waals surface area contributed by atoms with E-state index >= 15 is 0 Å². The standard InChI is InChI=1S/C18H24ClNO4/c1-13-11-15(4-5-16(13)19)24-10-2-3-17(21)20-8-6-14(7-9-20)12-18(22)23/h4-5,11,14H,2-3,6-10,12H2,1H3,(H,22,23). The Morgan fingerprint density at radius 3 is 2.67 bits per heavy atom.